The molecule has 12 heteroatoms. The number of anilines is 1. The van der Waals surface area contributed by atoms with Crippen LogP contribution in [-0.4, -0.2) is 38.3 Å². The Morgan fingerprint density at radius 1 is 1.11 bits per heavy atom. The van der Waals surface area contributed by atoms with E-state index in [0.717, 1.165) is 11.6 Å². The Morgan fingerprint density at radius 3 is 2.31 bits per heavy atom. The number of alkyl halides is 6. The Balaban J connectivity index is 1.87. The van der Waals surface area contributed by atoms with E-state index in [2.05, 4.69) is 10.6 Å². The number of rotatable bonds is 7. The van der Waals surface area contributed by atoms with Gasteiger partial charge in [0.05, 0.1) is 28.2 Å². The van der Waals surface area contributed by atoms with Crippen LogP contribution < -0.4 is 15.5 Å². The fourth-order valence-corrected chi connectivity index (χ4v) is 4.76. The largest absolute Gasteiger partial charge is 0.417 e. The number of halogens is 8. The predicted molar refractivity (Wildman–Crippen MR) is 128 cm³/mol. The number of likely N-dealkylation sites (N-methyl/N-ethyl adjacent to an activating group) is 1. The summed E-state index contributed by atoms with van der Waals surface area (Å²) in [4.78, 5) is 13.4. The van der Waals surface area contributed by atoms with Crippen LogP contribution in [0.2, 0.25) is 10.0 Å². The lowest BCUT2D eigenvalue weighted by Gasteiger charge is -2.33. The Morgan fingerprint density at radius 2 is 1.75 bits per heavy atom. The highest BCUT2D eigenvalue weighted by molar-refractivity contribution is 6.42. The fourth-order valence-electron chi connectivity index (χ4n) is 4.32. The summed E-state index contributed by atoms with van der Waals surface area (Å²) in [7, 11) is 0. The minimum Gasteiger partial charge on any atom is -0.370 e. The molecule has 1 fully saturated rings. The van der Waals surface area contributed by atoms with Gasteiger partial charge in [-0.1, -0.05) is 42.3 Å². The van der Waals surface area contributed by atoms with Gasteiger partial charge >= 0.3 is 12.4 Å². The molecule has 0 bridgehead atoms. The third-order valence-electron chi connectivity index (χ3n) is 6.37. The SMILES string of the molecule is CCNCC(=O)NC(C)c1ccc(N2CCC(c3cc(Cl)c(Cl)c(C(F)(F)F)c3)(C(F)(F)F)C2)cc1. The van der Waals surface area contributed by atoms with E-state index in [0.29, 0.717) is 18.3 Å². The first-order valence-electron chi connectivity index (χ1n) is 11.2. The van der Waals surface area contributed by atoms with Crippen molar-refractivity contribution in [3.05, 3.63) is 63.1 Å². The van der Waals surface area contributed by atoms with Crippen molar-refractivity contribution in [3.8, 4) is 0 Å². The molecule has 2 aromatic carbocycles. The van der Waals surface area contributed by atoms with Gasteiger partial charge in [-0.2, -0.15) is 26.3 Å². The second kappa shape index (κ2) is 10.7. The minimum absolute atomic E-state index is 0.0323. The number of hydrogen-bond acceptors (Lipinski definition) is 3. The molecule has 36 heavy (non-hydrogen) atoms. The van der Waals surface area contributed by atoms with Gasteiger partial charge in [0.1, 0.15) is 5.41 Å². The van der Waals surface area contributed by atoms with E-state index < -0.39 is 51.9 Å². The molecule has 3 rings (SSSR count). The van der Waals surface area contributed by atoms with Crippen molar-refractivity contribution in [3.63, 3.8) is 0 Å². The molecule has 2 atom stereocenters. The molecule has 0 saturated carbocycles. The Bertz CT molecular complexity index is 1090. The van der Waals surface area contributed by atoms with Crippen LogP contribution in [0.1, 0.15) is 43.0 Å². The molecular weight excluding hydrogens is 531 g/mol. The van der Waals surface area contributed by atoms with Gasteiger partial charge in [-0.15, -0.1) is 0 Å². The summed E-state index contributed by atoms with van der Waals surface area (Å²) >= 11 is 11.5. The zero-order valence-electron chi connectivity index (χ0n) is 19.5. The highest BCUT2D eigenvalue weighted by atomic mass is 35.5. The maximum Gasteiger partial charge on any atom is 0.417 e. The number of amides is 1. The van der Waals surface area contributed by atoms with Crippen molar-refractivity contribution in [1.82, 2.24) is 10.6 Å². The summed E-state index contributed by atoms with van der Waals surface area (Å²) in [6.45, 7) is 3.85. The molecule has 1 aliphatic rings. The molecule has 4 nitrogen and oxygen atoms in total. The molecule has 0 aromatic heterocycles. The standard InChI is InChI=1S/C24H25Cl2F6N3O/c1-3-33-12-20(36)34-14(2)15-4-6-17(7-5-15)35-9-8-22(13-35,24(30,31)32)16-10-18(23(27,28)29)21(26)19(25)11-16/h4-7,10-11,14,33H,3,8-9,12-13H2,1-2H3,(H,34,36). The topological polar surface area (TPSA) is 44.4 Å². The predicted octanol–water partition coefficient (Wildman–Crippen LogP) is 6.51. The van der Waals surface area contributed by atoms with Crippen molar-refractivity contribution >= 4 is 34.8 Å². The lowest BCUT2D eigenvalue weighted by atomic mass is 9.78. The normalized spacial score (nSPS) is 19.4. The smallest absolute Gasteiger partial charge is 0.370 e. The van der Waals surface area contributed by atoms with Crippen molar-refractivity contribution < 1.29 is 31.1 Å². The molecule has 1 aliphatic heterocycles. The van der Waals surface area contributed by atoms with E-state index in [9.17, 15) is 31.1 Å². The number of carbonyl (C=O) groups excluding carboxylic acids is 1. The Hall–Kier alpha value is -2.17. The van der Waals surface area contributed by atoms with Crippen molar-refractivity contribution in [2.75, 3.05) is 31.1 Å². The highest BCUT2D eigenvalue weighted by Gasteiger charge is 2.59. The van der Waals surface area contributed by atoms with Crippen LogP contribution in [0.5, 0.6) is 0 Å². The van der Waals surface area contributed by atoms with Gasteiger partial charge in [-0.3, -0.25) is 4.79 Å². The maximum absolute atomic E-state index is 14.4. The Kier molecular flexibility index (Phi) is 8.42. The van der Waals surface area contributed by atoms with Gasteiger partial charge in [-0.05, 0) is 55.3 Å². The summed E-state index contributed by atoms with van der Waals surface area (Å²) in [6, 6.07) is 7.65. The highest BCUT2D eigenvalue weighted by Crippen LogP contribution is 2.51. The summed E-state index contributed by atoms with van der Waals surface area (Å²) in [6.07, 6.45) is -10.3. The molecule has 2 N–H and O–H groups in total. The van der Waals surface area contributed by atoms with Crippen LogP contribution in [0, 0.1) is 0 Å². The summed E-state index contributed by atoms with van der Waals surface area (Å²) in [5.74, 6) is -0.192. The van der Waals surface area contributed by atoms with Gasteiger partial charge in [-0.25, -0.2) is 0 Å². The number of benzene rings is 2. The second-order valence-electron chi connectivity index (χ2n) is 8.73. The molecule has 2 unspecified atom stereocenters. The molecule has 1 saturated heterocycles. The van der Waals surface area contributed by atoms with Crippen molar-refractivity contribution in [2.45, 2.75) is 44.1 Å². The number of nitrogens with one attached hydrogen (secondary N) is 2. The first kappa shape index (κ1) is 28.4. The van der Waals surface area contributed by atoms with Gasteiger partial charge in [0.25, 0.3) is 0 Å². The van der Waals surface area contributed by atoms with Crippen molar-refractivity contribution in [2.24, 2.45) is 0 Å². The van der Waals surface area contributed by atoms with Crippen LogP contribution in [0.15, 0.2) is 36.4 Å². The van der Waals surface area contributed by atoms with Crippen LogP contribution in [0.25, 0.3) is 0 Å². The first-order chi connectivity index (χ1) is 16.7. The van der Waals surface area contributed by atoms with Gasteiger partial charge in [0.2, 0.25) is 5.91 Å². The summed E-state index contributed by atoms with van der Waals surface area (Å²) in [5.41, 5.74) is -3.31. The number of nitrogens with zero attached hydrogens (tertiary/aromatic N) is 1. The van der Waals surface area contributed by atoms with Crippen molar-refractivity contribution in [1.29, 1.82) is 0 Å². The third kappa shape index (κ3) is 5.86. The van der Waals surface area contributed by atoms with Crippen LogP contribution in [-0.2, 0) is 16.4 Å². The molecular formula is C24H25Cl2F6N3O. The molecule has 0 spiro atoms. The van der Waals surface area contributed by atoms with E-state index in [1.807, 2.05) is 6.92 Å². The quantitative estimate of drug-likeness (QED) is 0.383. The van der Waals surface area contributed by atoms with Crippen LogP contribution in [0.3, 0.4) is 0 Å². The number of carbonyl (C=O) groups is 1. The van der Waals surface area contributed by atoms with Gasteiger partial charge in [0.15, 0.2) is 0 Å². The minimum atomic E-state index is -4.96. The zero-order valence-corrected chi connectivity index (χ0v) is 21.0. The fraction of sp³-hybridized carbons (Fsp3) is 0.458. The van der Waals surface area contributed by atoms with Crippen LogP contribution in [0.4, 0.5) is 32.0 Å². The van der Waals surface area contributed by atoms with Crippen LogP contribution >= 0.6 is 23.2 Å². The lowest BCUT2D eigenvalue weighted by Crippen LogP contribution is -2.45. The average Bonchev–Trinajstić information content (AvgIpc) is 3.25. The second-order valence-corrected chi connectivity index (χ2v) is 9.52. The van der Waals surface area contributed by atoms with E-state index in [4.69, 9.17) is 23.2 Å². The number of hydrogen-bond donors (Lipinski definition) is 2. The van der Waals surface area contributed by atoms with Gasteiger partial charge in [0, 0.05) is 18.8 Å². The molecule has 1 amide bonds. The molecule has 0 radical (unpaired) electrons. The van der Waals surface area contributed by atoms with E-state index in [1.165, 1.54) is 4.90 Å². The van der Waals surface area contributed by atoms with E-state index in [1.54, 1.807) is 31.2 Å². The van der Waals surface area contributed by atoms with E-state index >= 15 is 0 Å². The van der Waals surface area contributed by atoms with Gasteiger partial charge < -0.3 is 15.5 Å². The summed E-state index contributed by atoms with van der Waals surface area (Å²) < 4.78 is 83.5. The average molecular weight is 556 g/mol. The lowest BCUT2D eigenvalue weighted by molar-refractivity contribution is -0.184. The third-order valence-corrected chi connectivity index (χ3v) is 7.17. The Labute approximate surface area is 214 Å². The zero-order chi connectivity index (χ0) is 26.9. The first-order valence-corrected chi connectivity index (χ1v) is 11.9. The molecule has 2 aromatic rings. The molecule has 198 valence electrons. The monoisotopic (exact) mass is 555 g/mol. The molecule has 0 aliphatic carbocycles. The molecule has 1 heterocycles. The summed E-state index contributed by atoms with van der Waals surface area (Å²) in [5, 5.41) is 4.32. The van der Waals surface area contributed by atoms with E-state index in [-0.39, 0.29) is 25.0 Å². The maximum atomic E-state index is 14.4.